The lowest BCUT2D eigenvalue weighted by Crippen LogP contribution is -2.37. The molecule has 138 heavy (non-hydrogen) atoms. The SMILES string of the molecule is Cc1cc(N2CCCCS2(=O)=O)ccc1C(=O)Nc1ccc(Cl)c(NC(=O)c2ccccc2)c1.Cc1ccc(NC(=O)c2ccc(N3CCCCS3(=O)=O)cc2C)cc1NC(=O)c1cccc(Cl)c1.Cc1ccc(NC(=O)c2ccc(N3CCCCS3(=O)=O)cc2C)cc1NC(=O)c1ccccc1.O=C(Nc1cc(NC(=O)c2ccc(N3CCCCS3(=O)=O)cc2F)ccc1Cl)c1cccc(Cl)c1. The lowest BCUT2D eigenvalue weighted by molar-refractivity contribution is 0.101. The van der Waals surface area contributed by atoms with Crippen LogP contribution < -0.4 is 59.8 Å². The maximum absolute atomic E-state index is 14.8. The van der Waals surface area contributed by atoms with Crippen LogP contribution in [0.3, 0.4) is 0 Å². The second-order valence-corrected chi connectivity index (χ2v) is 42.6. The molecule has 0 atom stereocenters. The Kier molecular flexibility index (Phi) is 33.4. The van der Waals surface area contributed by atoms with Gasteiger partial charge in [-0.05, 0) is 308 Å². The molecule has 0 spiro atoms. The van der Waals surface area contributed by atoms with Gasteiger partial charge in [0.1, 0.15) is 5.82 Å². The predicted molar refractivity (Wildman–Crippen MR) is 546 cm³/mol. The van der Waals surface area contributed by atoms with E-state index in [2.05, 4.69) is 42.5 Å². The minimum Gasteiger partial charge on any atom is -0.322 e. The van der Waals surface area contributed by atoms with Crippen molar-refractivity contribution in [3.05, 3.63) is 353 Å². The van der Waals surface area contributed by atoms with E-state index in [9.17, 15) is 76.4 Å². The number of nitrogens with one attached hydrogen (secondary N) is 8. The van der Waals surface area contributed by atoms with Crippen molar-refractivity contribution in [2.75, 3.05) is 109 Å². The lowest BCUT2D eigenvalue weighted by Gasteiger charge is -2.28. The van der Waals surface area contributed by atoms with Crippen LogP contribution in [-0.2, 0) is 40.1 Å². The third-order valence-electron chi connectivity index (χ3n) is 22.8. The molecule has 28 nitrogen and oxygen atoms in total. The van der Waals surface area contributed by atoms with Gasteiger partial charge in [0, 0.05) is 109 Å². The van der Waals surface area contributed by atoms with Crippen LogP contribution in [0.4, 0.5) is 72.6 Å². The van der Waals surface area contributed by atoms with E-state index in [4.69, 9.17) is 46.4 Å². The normalized spacial score (nSPS) is 14.9. The van der Waals surface area contributed by atoms with E-state index in [0.29, 0.717) is 174 Å². The van der Waals surface area contributed by atoms with Gasteiger partial charge in [0.2, 0.25) is 40.1 Å². The van der Waals surface area contributed by atoms with Gasteiger partial charge in [-0.25, -0.2) is 38.1 Å². The van der Waals surface area contributed by atoms with Crippen molar-refractivity contribution in [2.24, 2.45) is 0 Å². The molecular weight excluding hydrogens is 1930 g/mol. The minimum atomic E-state index is -3.50. The number of halogens is 5. The van der Waals surface area contributed by atoms with E-state index >= 15 is 0 Å². The van der Waals surface area contributed by atoms with Crippen molar-refractivity contribution < 1.29 is 76.4 Å². The van der Waals surface area contributed by atoms with Crippen LogP contribution in [0.1, 0.15) is 162 Å². The molecule has 0 unspecified atom stereocenters. The fraction of sp³-hybridized carbons (Fsp3) is 0.208. The fourth-order valence-electron chi connectivity index (χ4n) is 15.4. The highest BCUT2D eigenvalue weighted by Gasteiger charge is 2.32. The van der Waals surface area contributed by atoms with Crippen LogP contribution in [0.2, 0.25) is 20.1 Å². The van der Waals surface area contributed by atoms with Crippen molar-refractivity contribution in [3.63, 3.8) is 0 Å². The van der Waals surface area contributed by atoms with Crippen LogP contribution in [0, 0.1) is 40.4 Å². The summed E-state index contributed by atoms with van der Waals surface area (Å²) in [6, 6.07) is 69.2. The molecule has 4 saturated heterocycles. The molecule has 0 aromatic heterocycles. The first-order chi connectivity index (χ1) is 65.8. The summed E-state index contributed by atoms with van der Waals surface area (Å²) in [7, 11) is -13.5. The van der Waals surface area contributed by atoms with Crippen molar-refractivity contribution in [2.45, 2.75) is 86.0 Å². The highest BCUT2D eigenvalue weighted by Crippen LogP contribution is 2.36. The number of carbonyl (C=O) groups excluding carboxylic acids is 8. The van der Waals surface area contributed by atoms with E-state index in [1.807, 2.05) is 32.0 Å². The number of aryl methyl sites for hydroxylation is 5. The third kappa shape index (κ3) is 26.2. The number of anilines is 12. The molecule has 37 heteroatoms. The standard InChI is InChI=1S/C26H26ClN3O4S.C26H27N3O4S.C25H24ClN3O4S.C24H20Cl2FN3O4S/c1-17-8-9-21(16-24(17)29-25(31)19-6-5-7-20(27)15-19)28-26(32)23-11-10-22(14-18(23)2)30-12-3-4-13-35(30,33)34;1-18-10-11-21(17-24(18)28-25(30)20-8-4-3-5-9-20)27-26(31)23-13-12-22(16-19(23)2)29-14-6-7-15-34(29,32)33;1-17-15-20(29-13-5-6-14-34(29,32)33)10-11-21(17)25(31)27-19-9-12-22(26)23(16-19)28-24(30)18-7-3-2-4-8-18;25-16-5-3-4-15(12-16)23(31)29-22-13-17(6-9-20(22)26)28-24(32)19-8-7-18(14-21(19)27)30-10-1-2-11-35(30,33)34/h5-11,14-16H,3-4,12-13H2,1-2H3,(H,28,32)(H,29,31);3-5,8-13,16-17H,6-7,14-15H2,1-2H3,(H,27,31)(H,28,30);2-4,7-12,15-16H,5-6,13-14H2,1H3,(H,27,31)(H,28,30);3-9,12-14H,1-2,10-11H2,(H,28,32)(H,29,31). The van der Waals surface area contributed by atoms with Crippen LogP contribution in [0.15, 0.2) is 255 Å². The lowest BCUT2D eigenvalue weighted by atomic mass is 10.1. The van der Waals surface area contributed by atoms with Crippen molar-refractivity contribution in [3.8, 4) is 0 Å². The topological polar surface area (TPSA) is 382 Å². The second-order valence-electron chi connectivity index (χ2n) is 32.9. The summed E-state index contributed by atoms with van der Waals surface area (Å²) in [5.74, 6) is -3.48. The van der Waals surface area contributed by atoms with Gasteiger partial charge in [0.05, 0.1) is 72.7 Å². The van der Waals surface area contributed by atoms with Crippen LogP contribution in [0.5, 0.6) is 0 Å². The van der Waals surface area contributed by atoms with E-state index in [1.165, 1.54) is 49.3 Å². The molecule has 8 N–H and O–H groups in total. The van der Waals surface area contributed by atoms with Gasteiger partial charge in [-0.1, -0.05) is 107 Å². The number of hydrogen-bond acceptors (Lipinski definition) is 16. The Morgan fingerprint density at radius 2 is 0.522 bits per heavy atom. The second kappa shape index (κ2) is 45.2. The van der Waals surface area contributed by atoms with Crippen molar-refractivity contribution in [1.29, 1.82) is 0 Å². The molecule has 12 aromatic carbocycles. The molecule has 0 radical (unpaired) electrons. The van der Waals surface area contributed by atoms with Crippen molar-refractivity contribution in [1.82, 2.24) is 0 Å². The molecule has 12 aromatic rings. The quantitative estimate of drug-likeness (QED) is 0.0351. The van der Waals surface area contributed by atoms with Crippen LogP contribution in [0.25, 0.3) is 0 Å². The Morgan fingerprint density at radius 1 is 0.254 bits per heavy atom. The first kappa shape index (κ1) is 102. The van der Waals surface area contributed by atoms with Gasteiger partial charge in [0.25, 0.3) is 47.3 Å². The van der Waals surface area contributed by atoms with Gasteiger partial charge >= 0.3 is 0 Å². The number of amides is 8. The van der Waals surface area contributed by atoms with Gasteiger partial charge in [-0.3, -0.25) is 55.6 Å². The molecule has 4 aliphatic rings. The summed E-state index contributed by atoms with van der Waals surface area (Å²) in [5.41, 5.74) is 12.0. The zero-order valence-electron chi connectivity index (χ0n) is 75.4. The Labute approximate surface area is 820 Å². The Balaban J connectivity index is 0.000000155. The van der Waals surface area contributed by atoms with E-state index in [1.54, 1.807) is 215 Å². The van der Waals surface area contributed by atoms with E-state index in [0.717, 1.165) is 40.8 Å². The molecule has 0 bridgehead atoms. The maximum Gasteiger partial charge on any atom is 0.258 e. The van der Waals surface area contributed by atoms with Gasteiger partial charge in [-0.2, -0.15) is 0 Å². The average molecular weight is 2020 g/mol. The molecule has 0 saturated carbocycles. The summed E-state index contributed by atoms with van der Waals surface area (Å²) in [5, 5.41) is 23.7. The minimum absolute atomic E-state index is 0.00358. The number of nitrogens with zero attached hydrogens (tertiary/aromatic N) is 4. The number of rotatable bonds is 20. The summed E-state index contributed by atoms with van der Waals surface area (Å²) in [4.78, 5) is 102. The monoisotopic (exact) mass is 2020 g/mol. The molecule has 4 aliphatic heterocycles. The predicted octanol–water partition coefficient (Wildman–Crippen LogP) is 20.8. The number of hydrogen-bond donors (Lipinski definition) is 8. The summed E-state index contributed by atoms with van der Waals surface area (Å²) < 4.78 is 119. The first-order valence-electron chi connectivity index (χ1n) is 43.8. The molecule has 8 amide bonds. The van der Waals surface area contributed by atoms with E-state index in [-0.39, 0.29) is 92.6 Å². The summed E-state index contributed by atoms with van der Waals surface area (Å²) in [6.07, 6.45) is 5.66. The van der Waals surface area contributed by atoms with Crippen LogP contribution >= 0.6 is 46.4 Å². The summed E-state index contributed by atoms with van der Waals surface area (Å²) >= 11 is 24.3. The largest absolute Gasteiger partial charge is 0.322 e. The zero-order valence-corrected chi connectivity index (χ0v) is 81.7. The Hall–Kier alpha value is -13.5. The number of carbonyl (C=O) groups is 8. The molecule has 716 valence electrons. The Bertz CT molecular complexity index is 6770. The molecule has 16 rings (SSSR count). The smallest absolute Gasteiger partial charge is 0.258 e. The zero-order chi connectivity index (χ0) is 98.9. The molecular formula is C101H97Cl4FN12O16S4. The van der Waals surface area contributed by atoms with Gasteiger partial charge in [0.15, 0.2) is 0 Å². The molecule has 0 aliphatic carbocycles. The first-order valence-corrected chi connectivity index (χ1v) is 51.8. The van der Waals surface area contributed by atoms with E-state index < -0.39 is 57.7 Å². The maximum atomic E-state index is 14.8. The Morgan fingerprint density at radius 3 is 0.819 bits per heavy atom. The average Bonchev–Trinajstić information content (AvgIpc) is 0.801. The molecule has 4 fully saturated rings. The molecule has 4 heterocycles. The highest BCUT2D eigenvalue weighted by atomic mass is 35.5. The summed E-state index contributed by atoms with van der Waals surface area (Å²) in [6.45, 7) is 10.7. The van der Waals surface area contributed by atoms with Crippen LogP contribution in [-0.4, -0.2) is 130 Å². The fourth-order valence-corrected chi connectivity index (χ4v) is 22.6. The third-order valence-corrected chi connectivity index (χ3v) is 31.4. The van der Waals surface area contributed by atoms with Gasteiger partial charge < -0.3 is 42.5 Å². The number of benzene rings is 12. The van der Waals surface area contributed by atoms with Gasteiger partial charge in [-0.15, -0.1) is 0 Å². The number of sulfonamides is 4. The van der Waals surface area contributed by atoms with Crippen molar-refractivity contribution >= 4 is 202 Å². The highest BCUT2D eigenvalue weighted by molar-refractivity contribution is 7.93.